The molecule has 0 spiro atoms. The maximum atomic E-state index is 5.73. The lowest BCUT2D eigenvalue weighted by molar-refractivity contribution is 0.637. The summed E-state index contributed by atoms with van der Waals surface area (Å²) in [6.45, 7) is 1.47. The average molecular weight is 243 g/mol. The molecule has 0 aliphatic rings. The second kappa shape index (κ2) is 4.36. The van der Waals surface area contributed by atoms with Crippen molar-refractivity contribution >= 4 is 17.3 Å². The van der Waals surface area contributed by atoms with Gasteiger partial charge in [-0.05, 0) is 6.07 Å². The summed E-state index contributed by atoms with van der Waals surface area (Å²) in [7, 11) is 0. The number of nitrogen functional groups attached to an aromatic ring is 1. The van der Waals surface area contributed by atoms with Crippen LogP contribution < -0.4 is 11.1 Å². The van der Waals surface area contributed by atoms with Crippen molar-refractivity contribution < 1.29 is 0 Å². The Morgan fingerprint density at radius 1 is 1.28 bits per heavy atom. The lowest BCUT2D eigenvalue weighted by atomic mass is 10.5. The zero-order valence-corrected chi connectivity index (χ0v) is 9.69. The van der Waals surface area contributed by atoms with Crippen LogP contribution >= 0.6 is 0 Å². The Bertz CT molecular complexity index is 641. The van der Waals surface area contributed by atoms with Gasteiger partial charge in [-0.25, -0.2) is 9.97 Å². The second-order valence-corrected chi connectivity index (χ2v) is 3.87. The van der Waals surface area contributed by atoms with Crippen molar-refractivity contribution in [2.75, 3.05) is 17.6 Å². The first-order chi connectivity index (χ1) is 8.83. The van der Waals surface area contributed by atoms with Gasteiger partial charge in [-0.2, -0.15) is 5.10 Å². The van der Waals surface area contributed by atoms with E-state index < -0.39 is 0 Å². The van der Waals surface area contributed by atoms with Crippen molar-refractivity contribution in [1.29, 1.82) is 0 Å². The minimum absolute atomic E-state index is 0.460. The highest BCUT2D eigenvalue weighted by atomic mass is 15.3. The topological polar surface area (TPSA) is 86.1 Å². The number of nitrogens with zero attached hydrogens (tertiary/aromatic N) is 5. The first-order valence-corrected chi connectivity index (χ1v) is 5.63. The third-order valence-corrected chi connectivity index (χ3v) is 2.59. The van der Waals surface area contributed by atoms with E-state index in [4.69, 9.17) is 5.73 Å². The van der Waals surface area contributed by atoms with Gasteiger partial charge in [-0.15, -0.1) is 0 Å². The first kappa shape index (κ1) is 10.6. The van der Waals surface area contributed by atoms with E-state index in [1.807, 2.05) is 27.5 Å². The molecule has 0 aliphatic heterocycles. The normalized spacial score (nSPS) is 10.9. The van der Waals surface area contributed by atoms with Crippen LogP contribution in [0.3, 0.4) is 0 Å². The summed E-state index contributed by atoms with van der Waals surface area (Å²) in [6, 6.07) is 1.89. The largest absolute Gasteiger partial charge is 0.382 e. The van der Waals surface area contributed by atoms with Gasteiger partial charge in [0.2, 0.25) is 0 Å². The quantitative estimate of drug-likeness (QED) is 0.701. The average Bonchev–Trinajstić information content (AvgIpc) is 2.98. The van der Waals surface area contributed by atoms with Crippen LogP contribution in [0.15, 0.2) is 37.1 Å². The minimum Gasteiger partial charge on any atom is -0.382 e. The molecule has 92 valence electrons. The number of rotatable bonds is 4. The van der Waals surface area contributed by atoms with Crippen LogP contribution in [0.5, 0.6) is 0 Å². The number of aromatic nitrogens is 5. The van der Waals surface area contributed by atoms with Crippen molar-refractivity contribution in [3.05, 3.63) is 37.1 Å². The minimum atomic E-state index is 0.460. The molecule has 3 aromatic rings. The molecule has 18 heavy (non-hydrogen) atoms. The number of nitrogens with two attached hydrogens (primary N) is 1. The van der Waals surface area contributed by atoms with Crippen molar-refractivity contribution in [3.63, 3.8) is 0 Å². The van der Waals surface area contributed by atoms with Crippen LogP contribution in [0.1, 0.15) is 0 Å². The highest BCUT2D eigenvalue weighted by Gasteiger charge is 2.05. The predicted octanol–water partition coefficient (Wildman–Crippen LogP) is 0.620. The lowest BCUT2D eigenvalue weighted by Crippen LogP contribution is -2.13. The van der Waals surface area contributed by atoms with Crippen LogP contribution in [-0.2, 0) is 6.54 Å². The van der Waals surface area contributed by atoms with Crippen LogP contribution in [0.25, 0.3) is 5.65 Å². The predicted molar refractivity (Wildman–Crippen MR) is 68.1 cm³/mol. The van der Waals surface area contributed by atoms with Gasteiger partial charge >= 0.3 is 0 Å². The van der Waals surface area contributed by atoms with E-state index in [1.165, 1.54) is 0 Å². The highest BCUT2D eigenvalue weighted by molar-refractivity contribution is 5.64. The van der Waals surface area contributed by atoms with Crippen molar-refractivity contribution in [1.82, 2.24) is 24.1 Å². The summed E-state index contributed by atoms with van der Waals surface area (Å²) in [6.07, 6.45) is 8.97. The Labute approximate surface area is 103 Å². The first-order valence-electron chi connectivity index (χ1n) is 5.63. The third-order valence-electron chi connectivity index (χ3n) is 2.59. The van der Waals surface area contributed by atoms with Gasteiger partial charge < -0.3 is 15.5 Å². The maximum Gasteiger partial charge on any atom is 0.180 e. The Kier molecular flexibility index (Phi) is 2.56. The van der Waals surface area contributed by atoms with E-state index in [0.717, 1.165) is 12.2 Å². The molecule has 0 aromatic carbocycles. The van der Waals surface area contributed by atoms with E-state index >= 15 is 0 Å². The summed E-state index contributed by atoms with van der Waals surface area (Å²) in [5.74, 6) is 1.15. The summed E-state index contributed by atoms with van der Waals surface area (Å²) in [5, 5.41) is 7.35. The molecule has 0 radical (unpaired) electrons. The molecule has 3 heterocycles. The summed E-state index contributed by atoms with van der Waals surface area (Å²) < 4.78 is 3.70. The molecule has 7 nitrogen and oxygen atoms in total. The van der Waals surface area contributed by atoms with E-state index in [2.05, 4.69) is 20.4 Å². The molecule has 0 aliphatic carbocycles. The number of anilines is 2. The molecule has 0 saturated heterocycles. The van der Waals surface area contributed by atoms with Crippen LogP contribution in [-0.4, -0.2) is 30.7 Å². The van der Waals surface area contributed by atoms with Gasteiger partial charge in [0.1, 0.15) is 5.82 Å². The fraction of sp³-hybridized carbons (Fsp3) is 0.182. The standard InChI is InChI=1S/C11H13N7/c12-9-8-17-6-3-14-11(17)10(16-9)13-4-7-18-5-1-2-15-18/h1-3,5-6,8H,4,7,12H2,(H,13,16). The number of fused-ring (bicyclic) bond motifs is 1. The molecule has 3 aromatic heterocycles. The molecular formula is C11H13N7. The van der Waals surface area contributed by atoms with Crippen molar-refractivity contribution in [2.45, 2.75) is 6.54 Å². The molecular weight excluding hydrogens is 230 g/mol. The van der Waals surface area contributed by atoms with Crippen molar-refractivity contribution in [3.8, 4) is 0 Å². The molecule has 0 unspecified atom stereocenters. The summed E-state index contributed by atoms with van der Waals surface area (Å²) in [4.78, 5) is 8.48. The zero-order valence-electron chi connectivity index (χ0n) is 9.69. The second-order valence-electron chi connectivity index (χ2n) is 3.87. The smallest absolute Gasteiger partial charge is 0.180 e. The molecule has 7 heteroatoms. The lowest BCUT2D eigenvalue weighted by Gasteiger charge is -2.07. The zero-order chi connectivity index (χ0) is 12.4. The van der Waals surface area contributed by atoms with Gasteiger partial charge in [0.25, 0.3) is 0 Å². The molecule has 0 atom stereocenters. The molecule has 3 rings (SSSR count). The molecule has 0 bridgehead atoms. The third kappa shape index (κ3) is 1.97. The fourth-order valence-electron chi connectivity index (χ4n) is 1.79. The van der Waals surface area contributed by atoms with Gasteiger partial charge in [0, 0.05) is 31.3 Å². The Morgan fingerprint density at radius 3 is 3.06 bits per heavy atom. The van der Waals surface area contributed by atoms with Gasteiger partial charge in [-0.1, -0.05) is 0 Å². The fourth-order valence-corrected chi connectivity index (χ4v) is 1.79. The molecule has 0 fully saturated rings. The number of imidazole rings is 1. The molecule has 0 amide bonds. The van der Waals surface area contributed by atoms with Crippen LogP contribution in [0.2, 0.25) is 0 Å². The number of hydrogen-bond acceptors (Lipinski definition) is 5. The van der Waals surface area contributed by atoms with E-state index in [9.17, 15) is 0 Å². The Morgan fingerprint density at radius 2 is 2.22 bits per heavy atom. The highest BCUT2D eigenvalue weighted by Crippen LogP contribution is 2.13. The monoisotopic (exact) mass is 243 g/mol. The summed E-state index contributed by atoms with van der Waals surface area (Å²) >= 11 is 0. The van der Waals surface area contributed by atoms with Crippen LogP contribution in [0.4, 0.5) is 11.6 Å². The SMILES string of the molecule is Nc1cn2ccnc2c(NCCn2cccn2)n1. The van der Waals surface area contributed by atoms with E-state index in [-0.39, 0.29) is 0 Å². The van der Waals surface area contributed by atoms with Crippen molar-refractivity contribution in [2.24, 2.45) is 0 Å². The van der Waals surface area contributed by atoms with Gasteiger partial charge in [-0.3, -0.25) is 4.68 Å². The summed E-state index contributed by atoms with van der Waals surface area (Å²) in [5.41, 5.74) is 6.50. The van der Waals surface area contributed by atoms with Crippen LogP contribution in [0, 0.1) is 0 Å². The maximum absolute atomic E-state index is 5.73. The Balaban J connectivity index is 1.75. The number of nitrogens with one attached hydrogen (secondary N) is 1. The van der Waals surface area contributed by atoms with E-state index in [1.54, 1.807) is 18.6 Å². The van der Waals surface area contributed by atoms with Gasteiger partial charge in [0.15, 0.2) is 11.5 Å². The molecule has 0 saturated carbocycles. The molecule has 3 N–H and O–H groups in total. The van der Waals surface area contributed by atoms with E-state index in [0.29, 0.717) is 18.2 Å². The van der Waals surface area contributed by atoms with Gasteiger partial charge in [0.05, 0.1) is 12.7 Å². The number of hydrogen-bond donors (Lipinski definition) is 2. The Hall–Kier alpha value is -2.57.